The van der Waals surface area contributed by atoms with Gasteiger partial charge in [0, 0.05) is 11.3 Å². The number of thioether (sulfide) groups is 2. The first kappa shape index (κ1) is 23.6. The monoisotopic (exact) mass is 479 g/mol. The molecule has 12 heteroatoms. The van der Waals surface area contributed by atoms with Gasteiger partial charge in [-0.25, -0.2) is 4.98 Å². The van der Waals surface area contributed by atoms with Gasteiger partial charge in [0.05, 0.1) is 24.6 Å². The number of pyridine rings is 1. The first-order chi connectivity index (χ1) is 15.2. The highest BCUT2D eigenvalue weighted by atomic mass is 32.2. The Hall–Kier alpha value is -3.04. The van der Waals surface area contributed by atoms with E-state index in [4.69, 9.17) is 4.74 Å². The van der Waals surface area contributed by atoms with Crippen molar-refractivity contribution in [3.63, 3.8) is 0 Å². The van der Waals surface area contributed by atoms with Crippen molar-refractivity contribution in [3.8, 4) is 11.8 Å². The molecule has 0 unspecified atom stereocenters. The van der Waals surface area contributed by atoms with Gasteiger partial charge in [-0.2, -0.15) is 23.5 Å². The molecule has 1 aliphatic heterocycles. The fourth-order valence-electron chi connectivity index (χ4n) is 2.69. The fraction of sp³-hybridized carbons (Fsp3) is 0.250. The predicted molar refractivity (Wildman–Crippen MR) is 117 cm³/mol. The van der Waals surface area contributed by atoms with Gasteiger partial charge >= 0.3 is 6.18 Å². The number of hydrogen-bond donors (Lipinski definition) is 1. The summed E-state index contributed by atoms with van der Waals surface area (Å²) in [6, 6.07) is 7.99. The molecule has 0 spiro atoms. The Morgan fingerprint density at radius 3 is 2.81 bits per heavy atom. The smallest absolute Gasteiger partial charge is 0.433 e. The molecule has 1 N–H and O–H groups in total. The Balaban J connectivity index is 1.83. The normalized spacial score (nSPS) is 15.2. The number of amides is 1. The second-order valence-corrected chi connectivity index (χ2v) is 8.39. The van der Waals surface area contributed by atoms with Crippen LogP contribution in [0.3, 0.4) is 0 Å². The number of carbonyl (C=O) groups is 1. The molecule has 1 amide bonds. The van der Waals surface area contributed by atoms with Crippen molar-refractivity contribution in [3.05, 3.63) is 52.2 Å². The number of nitriles is 1. The van der Waals surface area contributed by atoms with Crippen LogP contribution < -0.4 is 10.1 Å². The lowest BCUT2D eigenvalue weighted by molar-refractivity contribution is -0.141. The molecule has 0 bridgehead atoms. The third-order valence-electron chi connectivity index (χ3n) is 4.20. The lowest BCUT2D eigenvalue weighted by atomic mass is 10.1. The van der Waals surface area contributed by atoms with E-state index in [1.54, 1.807) is 18.2 Å². The number of nitrogens with zero attached hydrogens (tertiary/aromatic N) is 4. The van der Waals surface area contributed by atoms with Gasteiger partial charge in [0.1, 0.15) is 22.5 Å². The molecular formula is C20H16F3N5O2S2. The van der Waals surface area contributed by atoms with E-state index in [0.29, 0.717) is 27.8 Å². The van der Waals surface area contributed by atoms with Crippen LogP contribution in [0.25, 0.3) is 0 Å². The Labute approximate surface area is 190 Å². The van der Waals surface area contributed by atoms with E-state index in [9.17, 15) is 23.2 Å². The summed E-state index contributed by atoms with van der Waals surface area (Å²) in [5.74, 6) is 0.907. The average Bonchev–Trinajstić information content (AvgIpc) is 3.16. The van der Waals surface area contributed by atoms with Crippen LogP contribution in [-0.2, 0) is 16.7 Å². The van der Waals surface area contributed by atoms with Gasteiger partial charge in [-0.15, -0.1) is 16.9 Å². The number of nitrogens with one attached hydrogen (secondary N) is 1. The van der Waals surface area contributed by atoms with Crippen molar-refractivity contribution in [2.45, 2.75) is 23.9 Å². The van der Waals surface area contributed by atoms with E-state index in [1.165, 1.54) is 32.0 Å². The summed E-state index contributed by atoms with van der Waals surface area (Å²) < 4.78 is 44.8. The minimum atomic E-state index is -4.61. The predicted octanol–water partition coefficient (Wildman–Crippen LogP) is 4.13. The van der Waals surface area contributed by atoms with Gasteiger partial charge < -0.3 is 10.1 Å². The third kappa shape index (κ3) is 5.80. The van der Waals surface area contributed by atoms with Crippen molar-refractivity contribution in [2.24, 2.45) is 10.2 Å². The number of carbonyl (C=O) groups excluding carboxylic acids is 1. The van der Waals surface area contributed by atoms with Gasteiger partial charge in [-0.05, 0) is 42.3 Å². The van der Waals surface area contributed by atoms with Crippen molar-refractivity contribution in [2.75, 3.05) is 12.9 Å². The Kier molecular flexibility index (Phi) is 7.42. The molecule has 0 atom stereocenters. The van der Waals surface area contributed by atoms with Crippen LogP contribution in [0.4, 0.5) is 13.2 Å². The third-order valence-corrected chi connectivity index (χ3v) is 6.08. The average molecular weight is 480 g/mol. The van der Waals surface area contributed by atoms with Crippen LogP contribution in [-0.4, -0.2) is 35.1 Å². The number of hydrogen-bond acceptors (Lipinski definition) is 8. The second kappa shape index (κ2) is 10.1. The maximum Gasteiger partial charge on any atom is 0.433 e. The van der Waals surface area contributed by atoms with Gasteiger partial charge in [-0.3, -0.25) is 4.79 Å². The summed E-state index contributed by atoms with van der Waals surface area (Å²) >= 11 is 2.26. The van der Waals surface area contributed by atoms with E-state index >= 15 is 0 Å². The van der Waals surface area contributed by atoms with Crippen LogP contribution in [0.2, 0.25) is 0 Å². The molecule has 1 fully saturated rings. The molecule has 1 aromatic carbocycles. The number of halogens is 3. The van der Waals surface area contributed by atoms with Gasteiger partial charge in [-0.1, -0.05) is 11.8 Å². The summed E-state index contributed by atoms with van der Waals surface area (Å²) in [5, 5.41) is 20.2. The van der Waals surface area contributed by atoms with Crippen LogP contribution >= 0.6 is 23.5 Å². The first-order valence-corrected chi connectivity index (χ1v) is 11.0. The zero-order valence-corrected chi connectivity index (χ0v) is 18.5. The van der Waals surface area contributed by atoms with Gasteiger partial charge in [0.25, 0.3) is 0 Å². The van der Waals surface area contributed by atoms with Crippen LogP contribution in [0.5, 0.6) is 5.75 Å². The Bertz CT molecular complexity index is 1140. The highest BCUT2D eigenvalue weighted by molar-refractivity contribution is 8.15. The molecule has 1 aromatic heterocycles. The van der Waals surface area contributed by atoms with Crippen LogP contribution in [0, 0.1) is 18.3 Å². The number of rotatable bonds is 6. The lowest BCUT2D eigenvalue weighted by Crippen LogP contribution is -2.19. The summed E-state index contributed by atoms with van der Waals surface area (Å²) in [7, 11) is 1.48. The van der Waals surface area contributed by atoms with Crippen LogP contribution in [0.15, 0.2) is 39.5 Å². The fourth-order valence-corrected chi connectivity index (χ4v) is 4.36. The quantitative estimate of drug-likeness (QED) is 0.380. The number of aryl methyl sites for hydroxylation is 1. The number of benzene rings is 1. The number of aromatic nitrogens is 1. The standard InChI is InChI=1S/C20H16F3N5O2S2/c1-11-5-16(20(21,22)23)26-18(14(11)7-24)31-9-13-6-12(3-4-15(13)30-2)8-25-28-19-27-17(29)10-32-19/h3-6,8H,9-10H2,1-2H3,(H,27,28,29). The zero-order valence-electron chi connectivity index (χ0n) is 16.9. The van der Waals surface area contributed by atoms with Gasteiger partial charge in [0.2, 0.25) is 5.91 Å². The second-order valence-electron chi connectivity index (χ2n) is 6.46. The molecule has 0 radical (unpaired) electrons. The molecule has 32 heavy (non-hydrogen) atoms. The van der Waals surface area contributed by atoms with Crippen LogP contribution in [0.1, 0.15) is 27.9 Å². The number of alkyl halides is 3. The van der Waals surface area contributed by atoms with Gasteiger partial charge in [0.15, 0.2) is 5.17 Å². The summed E-state index contributed by atoms with van der Waals surface area (Å²) in [6.07, 6.45) is -3.13. The zero-order chi connectivity index (χ0) is 23.3. The van der Waals surface area contributed by atoms with Crippen molar-refractivity contribution in [1.82, 2.24) is 10.3 Å². The van der Waals surface area contributed by atoms with Crippen molar-refractivity contribution >= 4 is 40.8 Å². The molecule has 166 valence electrons. The van der Waals surface area contributed by atoms with Crippen molar-refractivity contribution in [1.29, 1.82) is 5.26 Å². The molecule has 0 saturated carbocycles. The molecule has 0 aliphatic carbocycles. The summed E-state index contributed by atoms with van der Waals surface area (Å²) in [5.41, 5.74) is 0.625. The molecule has 1 saturated heterocycles. The minimum Gasteiger partial charge on any atom is -0.496 e. The van der Waals surface area contributed by atoms with E-state index < -0.39 is 11.9 Å². The number of methoxy groups -OCH3 is 1. The molecule has 3 rings (SSSR count). The van der Waals surface area contributed by atoms with E-state index in [-0.39, 0.29) is 27.8 Å². The topological polar surface area (TPSA) is 99.7 Å². The highest BCUT2D eigenvalue weighted by Gasteiger charge is 2.34. The van der Waals surface area contributed by atoms with E-state index in [2.05, 4.69) is 20.5 Å². The maximum atomic E-state index is 13.1. The molecule has 1 aliphatic rings. The molecule has 7 nitrogen and oxygen atoms in total. The molecular weight excluding hydrogens is 463 g/mol. The Morgan fingerprint density at radius 1 is 1.41 bits per heavy atom. The molecule has 2 aromatic rings. The van der Waals surface area contributed by atoms with Crippen molar-refractivity contribution < 1.29 is 22.7 Å². The number of ether oxygens (including phenoxy) is 1. The van der Waals surface area contributed by atoms with E-state index in [1.807, 2.05) is 6.07 Å². The minimum absolute atomic E-state index is 0.00125. The molecule has 2 heterocycles. The lowest BCUT2D eigenvalue weighted by Gasteiger charge is -2.13. The highest BCUT2D eigenvalue weighted by Crippen LogP contribution is 2.35. The largest absolute Gasteiger partial charge is 0.496 e. The summed E-state index contributed by atoms with van der Waals surface area (Å²) in [6.45, 7) is 1.45. The Morgan fingerprint density at radius 2 is 2.19 bits per heavy atom. The first-order valence-electron chi connectivity index (χ1n) is 9.03. The number of amidine groups is 1. The summed E-state index contributed by atoms with van der Waals surface area (Å²) in [4.78, 5) is 14.8. The maximum absolute atomic E-state index is 13.1. The van der Waals surface area contributed by atoms with E-state index in [0.717, 1.165) is 17.8 Å². The SMILES string of the molecule is COc1ccc(C=NN=C2NC(=O)CS2)cc1CSc1nc(C(F)(F)F)cc(C)c1C#N.